The second-order valence-corrected chi connectivity index (χ2v) is 4.87. The number of hydrogen-bond donors (Lipinski definition) is 0. The van der Waals surface area contributed by atoms with Crippen LogP contribution in [-0.2, 0) is 0 Å². The maximum atomic E-state index is 13.0. The number of carbonyl (C=O) groups excluding carboxylic acids is 1. The minimum absolute atomic E-state index is 0.0416. The van der Waals surface area contributed by atoms with Crippen LogP contribution in [0, 0.1) is 5.82 Å². The van der Waals surface area contributed by atoms with E-state index in [0.29, 0.717) is 22.5 Å². The van der Waals surface area contributed by atoms with Crippen molar-refractivity contribution in [2.75, 3.05) is 11.5 Å². The predicted octanol–water partition coefficient (Wildman–Crippen LogP) is 3.90. The van der Waals surface area contributed by atoms with E-state index in [-0.39, 0.29) is 11.6 Å². The van der Waals surface area contributed by atoms with Gasteiger partial charge in [-0.3, -0.25) is 4.79 Å². The van der Waals surface area contributed by atoms with Gasteiger partial charge in [0.25, 0.3) is 0 Å². The molecule has 0 N–H and O–H groups in total. The minimum Gasteiger partial charge on any atom is -0.453 e. The van der Waals surface area contributed by atoms with Crippen molar-refractivity contribution in [1.82, 2.24) is 0 Å². The van der Waals surface area contributed by atoms with Gasteiger partial charge in [0.1, 0.15) is 11.4 Å². The summed E-state index contributed by atoms with van der Waals surface area (Å²) >= 11 is 1.59. The fourth-order valence-electron chi connectivity index (χ4n) is 1.53. The number of thioether (sulfide) groups is 1. The Morgan fingerprint density at radius 3 is 3.00 bits per heavy atom. The van der Waals surface area contributed by atoms with E-state index in [1.165, 1.54) is 12.1 Å². The molecule has 1 heterocycles. The van der Waals surface area contributed by atoms with E-state index in [0.717, 1.165) is 12.2 Å². The fourth-order valence-corrected chi connectivity index (χ4v) is 2.29. The average molecular weight is 252 g/mol. The largest absolute Gasteiger partial charge is 0.453 e. The highest BCUT2D eigenvalue weighted by atomic mass is 32.2. The number of Topliss-reactive ketones (excluding diaryl/α,β-unsaturated/α-hetero) is 1. The molecule has 0 amide bonds. The summed E-state index contributed by atoms with van der Waals surface area (Å²) in [6.07, 6.45) is 1.04. The van der Waals surface area contributed by atoms with Crippen LogP contribution in [0.15, 0.2) is 28.7 Å². The van der Waals surface area contributed by atoms with E-state index < -0.39 is 0 Å². The van der Waals surface area contributed by atoms with Crippen LogP contribution >= 0.6 is 11.8 Å². The molecule has 0 aliphatic rings. The second kappa shape index (κ2) is 5.36. The van der Waals surface area contributed by atoms with Gasteiger partial charge in [0.15, 0.2) is 5.76 Å². The van der Waals surface area contributed by atoms with Crippen molar-refractivity contribution in [2.45, 2.75) is 13.3 Å². The molecule has 0 aliphatic heterocycles. The Morgan fingerprint density at radius 1 is 1.41 bits per heavy atom. The van der Waals surface area contributed by atoms with Crippen LogP contribution in [0.25, 0.3) is 11.0 Å². The maximum Gasteiger partial charge on any atom is 0.207 e. The SMILES string of the molecule is CCCSCC(=O)c1cc2cc(F)ccc2o1. The third-order valence-electron chi connectivity index (χ3n) is 2.33. The average Bonchev–Trinajstić information content (AvgIpc) is 2.72. The minimum atomic E-state index is -0.322. The van der Waals surface area contributed by atoms with Crippen molar-refractivity contribution in [3.8, 4) is 0 Å². The second-order valence-electron chi connectivity index (χ2n) is 3.77. The molecule has 90 valence electrons. The van der Waals surface area contributed by atoms with Crippen LogP contribution in [0.3, 0.4) is 0 Å². The van der Waals surface area contributed by atoms with Gasteiger partial charge in [-0.15, -0.1) is 0 Å². The third-order valence-corrected chi connectivity index (χ3v) is 3.50. The molecule has 2 aromatic rings. The first-order valence-corrected chi connectivity index (χ1v) is 6.66. The van der Waals surface area contributed by atoms with Gasteiger partial charge < -0.3 is 4.42 Å². The van der Waals surface area contributed by atoms with Gasteiger partial charge >= 0.3 is 0 Å². The smallest absolute Gasteiger partial charge is 0.207 e. The summed E-state index contributed by atoms with van der Waals surface area (Å²) in [5.41, 5.74) is 0.551. The lowest BCUT2D eigenvalue weighted by atomic mass is 10.2. The highest BCUT2D eigenvalue weighted by molar-refractivity contribution is 7.99. The molecule has 1 aromatic heterocycles. The topological polar surface area (TPSA) is 30.2 Å². The molecule has 0 unspecified atom stereocenters. The summed E-state index contributed by atoms with van der Waals surface area (Å²) in [5.74, 6) is 1.32. The maximum absolute atomic E-state index is 13.0. The number of benzene rings is 1. The third kappa shape index (κ3) is 2.88. The van der Waals surface area contributed by atoms with E-state index in [1.54, 1.807) is 23.9 Å². The van der Waals surface area contributed by atoms with E-state index in [2.05, 4.69) is 6.92 Å². The molecule has 4 heteroatoms. The number of ketones is 1. The molecule has 0 aliphatic carbocycles. The number of hydrogen-bond acceptors (Lipinski definition) is 3. The molecule has 0 saturated heterocycles. The molecule has 17 heavy (non-hydrogen) atoms. The Kier molecular flexibility index (Phi) is 3.84. The Hall–Kier alpha value is -1.29. The molecule has 0 radical (unpaired) electrons. The Balaban J connectivity index is 2.15. The van der Waals surface area contributed by atoms with Crippen molar-refractivity contribution in [2.24, 2.45) is 0 Å². The molecule has 1 aromatic carbocycles. The van der Waals surface area contributed by atoms with Crippen molar-refractivity contribution in [3.05, 3.63) is 35.8 Å². The molecular formula is C13H13FO2S. The summed E-state index contributed by atoms with van der Waals surface area (Å²) in [6.45, 7) is 2.07. The summed E-state index contributed by atoms with van der Waals surface area (Å²) in [5, 5.41) is 0.633. The van der Waals surface area contributed by atoms with Crippen molar-refractivity contribution < 1.29 is 13.6 Å². The highest BCUT2D eigenvalue weighted by Crippen LogP contribution is 2.21. The normalized spacial score (nSPS) is 10.9. The zero-order valence-electron chi connectivity index (χ0n) is 9.53. The molecular weight excluding hydrogens is 239 g/mol. The van der Waals surface area contributed by atoms with E-state index in [4.69, 9.17) is 4.42 Å². The first-order chi connectivity index (χ1) is 8.20. The van der Waals surface area contributed by atoms with Gasteiger partial charge in [0, 0.05) is 5.39 Å². The van der Waals surface area contributed by atoms with Crippen LogP contribution in [0.2, 0.25) is 0 Å². The van der Waals surface area contributed by atoms with Crippen LogP contribution < -0.4 is 0 Å². The van der Waals surface area contributed by atoms with Gasteiger partial charge in [-0.05, 0) is 36.4 Å². The molecule has 0 fully saturated rings. The first kappa shape index (κ1) is 12.2. The van der Waals surface area contributed by atoms with E-state index in [1.807, 2.05) is 0 Å². The van der Waals surface area contributed by atoms with E-state index in [9.17, 15) is 9.18 Å². The molecule has 0 saturated carbocycles. The van der Waals surface area contributed by atoms with E-state index >= 15 is 0 Å². The lowest BCUT2D eigenvalue weighted by Crippen LogP contribution is -2.00. The van der Waals surface area contributed by atoms with Crippen LogP contribution in [0.1, 0.15) is 23.9 Å². The number of halogens is 1. The number of rotatable bonds is 5. The van der Waals surface area contributed by atoms with Gasteiger partial charge in [-0.25, -0.2) is 4.39 Å². The standard InChI is InChI=1S/C13H13FO2S/c1-2-5-17-8-11(15)13-7-9-6-10(14)3-4-12(9)16-13/h3-4,6-7H,2,5,8H2,1H3. The Morgan fingerprint density at radius 2 is 2.24 bits per heavy atom. The monoisotopic (exact) mass is 252 g/mol. The number of furan rings is 1. The highest BCUT2D eigenvalue weighted by Gasteiger charge is 2.12. The van der Waals surface area contributed by atoms with Gasteiger partial charge in [0.05, 0.1) is 5.75 Å². The number of carbonyl (C=O) groups is 1. The molecule has 2 rings (SSSR count). The zero-order chi connectivity index (χ0) is 12.3. The number of fused-ring (bicyclic) bond motifs is 1. The Bertz CT molecular complexity index is 533. The van der Waals surface area contributed by atoms with Gasteiger partial charge in [-0.1, -0.05) is 6.92 Å². The molecule has 0 bridgehead atoms. The van der Waals surface area contributed by atoms with Crippen LogP contribution in [0.5, 0.6) is 0 Å². The quantitative estimate of drug-likeness (QED) is 0.597. The first-order valence-electron chi connectivity index (χ1n) is 5.50. The van der Waals surface area contributed by atoms with Crippen molar-refractivity contribution >= 4 is 28.5 Å². The lowest BCUT2D eigenvalue weighted by molar-refractivity contribution is 0.0994. The van der Waals surface area contributed by atoms with Crippen LogP contribution in [-0.4, -0.2) is 17.3 Å². The Labute approximate surface area is 103 Å². The van der Waals surface area contributed by atoms with Crippen molar-refractivity contribution in [3.63, 3.8) is 0 Å². The summed E-state index contributed by atoms with van der Waals surface area (Å²) in [6, 6.07) is 5.84. The zero-order valence-corrected chi connectivity index (χ0v) is 10.3. The molecule has 0 atom stereocenters. The lowest BCUT2D eigenvalue weighted by Gasteiger charge is -1.95. The summed E-state index contributed by atoms with van der Waals surface area (Å²) in [4.78, 5) is 11.8. The molecule has 2 nitrogen and oxygen atoms in total. The van der Waals surface area contributed by atoms with Gasteiger partial charge in [0.2, 0.25) is 5.78 Å². The summed E-state index contributed by atoms with van der Waals surface area (Å²) < 4.78 is 18.4. The summed E-state index contributed by atoms with van der Waals surface area (Å²) in [7, 11) is 0. The van der Waals surface area contributed by atoms with Gasteiger partial charge in [-0.2, -0.15) is 11.8 Å². The predicted molar refractivity (Wildman–Crippen MR) is 68.1 cm³/mol. The molecule has 0 spiro atoms. The van der Waals surface area contributed by atoms with Crippen LogP contribution in [0.4, 0.5) is 4.39 Å². The van der Waals surface area contributed by atoms with Crippen molar-refractivity contribution in [1.29, 1.82) is 0 Å². The fraction of sp³-hybridized carbons (Fsp3) is 0.308.